The summed E-state index contributed by atoms with van der Waals surface area (Å²) in [6.07, 6.45) is 1.87. The first-order valence-electron chi connectivity index (χ1n) is 6.84. The number of thiazole rings is 1. The van der Waals surface area contributed by atoms with Crippen molar-refractivity contribution in [2.45, 2.75) is 12.5 Å². The highest BCUT2D eigenvalue weighted by atomic mass is 32.1. The molecule has 2 heterocycles. The Morgan fingerprint density at radius 3 is 2.95 bits per heavy atom. The van der Waals surface area contributed by atoms with Gasteiger partial charge in [0.2, 0.25) is 0 Å². The fourth-order valence-electron chi connectivity index (χ4n) is 2.42. The third kappa shape index (κ3) is 3.29. The van der Waals surface area contributed by atoms with Crippen LogP contribution in [-0.2, 0) is 4.84 Å². The predicted molar refractivity (Wildman–Crippen MR) is 78.6 cm³/mol. The average Bonchev–Trinajstić information content (AvgIpc) is 3.19. The van der Waals surface area contributed by atoms with Gasteiger partial charge in [-0.25, -0.2) is 9.78 Å². The molecule has 21 heavy (non-hydrogen) atoms. The van der Waals surface area contributed by atoms with E-state index in [4.69, 9.17) is 4.84 Å². The van der Waals surface area contributed by atoms with Crippen LogP contribution in [0.2, 0.25) is 0 Å². The van der Waals surface area contributed by atoms with Gasteiger partial charge in [0.05, 0.1) is 5.56 Å². The Morgan fingerprint density at radius 1 is 1.43 bits per heavy atom. The highest BCUT2D eigenvalue weighted by Crippen LogP contribution is 2.31. The molecule has 110 valence electrons. The summed E-state index contributed by atoms with van der Waals surface area (Å²) in [6.45, 7) is 1.16. The standard InChI is InChI=1S/C15H16N2O3S/c18-13(14-16-7-9-21-14)12-6-8-17(10-12)20-15(19)11-4-2-1-3-5-11/h1-5,7,9,12-13,18H,6,8,10H2. The highest BCUT2D eigenvalue weighted by Gasteiger charge is 2.32. The normalized spacial score (nSPS) is 20.3. The van der Waals surface area contributed by atoms with Crippen molar-refractivity contribution >= 4 is 17.3 Å². The summed E-state index contributed by atoms with van der Waals surface area (Å²) in [5.74, 6) is -0.320. The van der Waals surface area contributed by atoms with Crippen molar-refractivity contribution in [1.82, 2.24) is 10.0 Å². The molecule has 5 nitrogen and oxygen atoms in total. The van der Waals surface area contributed by atoms with Crippen LogP contribution in [-0.4, -0.2) is 34.2 Å². The van der Waals surface area contributed by atoms with Gasteiger partial charge in [0.1, 0.15) is 11.1 Å². The lowest BCUT2D eigenvalue weighted by molar-refractivity contribution is -0.0982. The summed E-state index contributed by atoms with van der Waals surface area (Å²) in [4.78, 5) is 21.5. The maximum absolute atomic E-state index is 12.0. The Hall–Kier alpha value is -1.76. The topological polar surface area (TPSA) is 62.7 Å². The van der Waals surface area contributed by atoms with Crippen molar-refractivity contribution in [3.05, 3.63) is 52.5 Å². The summed E-state index contributed by atoms with van der Waals surface area (Å²) in [6, 6.07) is 8.90. The lowest BCUT2D eigenvalue weighted by atomic mass is 10.0. The van der Waals surface area contributed by atoms with Crippen molar-refractivity contribution < 1.29 is 14.7 Å². The first-order chi connectivity index (χ1) is 10.2. The summed E-state index contributed by atoms with van der Waals surface area (Å²) in [7, 11) is 0. The van der Waals surface area contributed by atoms with Crippen molar-refractivity contribution in [1.29, 1.82) is 0 Å². The van der Waals surface area contributed by atoms with Crippen molar-refractivity contribution in [3.63, 3.8) is 0 Å². The number of carbonyl (C=O) groups excluding carboxylic acids is 1. The molecule has 1 saturated heterocycles. The van der Waals surface area contributed by atoms with Gasteiger partial charge in [-0.3, -0.25) is 0 Å². The van der Waals surface area contributed by atoms with Gasteiger partial charge in [-0.15, -0.1) is 16.4 Å². The molecule has 6 heteroatoms. The second-order valence-corrected chi connectivity index (χ2v) is 5.92. The predicted octanol–water partition coefficient (Wildman–Crippen LogP) is 2.27. The van der Waals surface area contributed by atoms with E-state index in [9.17, 15) is 9.90 Å². The van der Waals surface area contributed by atoms with Crippen LogP contribution in [0.4, 0.5) is 0 Å². The van der Waals surface area contributed by atoms with Crippen molar-refractivity contribution in [2.24, 2.45) is 5.92 Å². The van der Waals surface area contributed by atoms with Crippen LogP contribution < -0.4 is 0 Å². The summed E-state index contributed by atoms with van der Waals surface area (Å²) >= 11 is 1.44. The minimum atomic E-state index is -0.592. The number of benzene rings is 1. The van der Waals surface area contributed by atoms with E-state index in [1.54, 1.807) is 35.5 Å². The molecular formula is C15H16N2O3S. The average molecular weight is 304 g/mol. The van der Waals surface area contributed by atoms with Crippen LogP contribution in [0.25, 0.3) is 0 Å². The van der Waals surface area contributed by atoms with Crippen LogP contribution in [0.15, 0.2) is 41.9 Å². The fourth-order valence-corrected chi connectivity index (χ4v) is 3.14. The molecule has 0 bridgehead atoms. The van der Waals surface area contributed by atoms with Gasteiger partial charge in [0, 0.05) is 30.6 Å². The van der Waals surface area contributed by atoms with E-state index in [1.807, 2.05) is 11.4 Å². The van der Waals surface area contributed by atoms with E-state index in [0.29, 0.717) is 18.7 Å². The van der Waals surface area contributed by atoms with E-state index in [-0.39, 0.29) is 11.9 Å². The third-order valence-electron chi connectivity index (χ3n) is 3.56. The number of rotatable bonds is 4. The van der Waals surface area contributed by atoms with Crippen LogP contribution in [0, 0.1) is 5.92 Å². The fraction of sp³-hybridized carbons (Fsp3) is 0.333. The Labute approximate surface area is 126 Å². The molecule has 0 spiro atoms. The van der Waals surface area contributed by atoms with E-state index >= 15 is 0 Å². The zero-order valence-corrected chi connectivity index (χ0v) is 12.2. The number of hydroxylamine groups is 2. The Kier molecular flexibility index (Phi) is 4.28. The maximum atomic E-state index is 12.0. The van der Waals surface area contributed by atoms with Crippen molar-refractivity contribution in [2.75, 3.05) is 13.1 Å². The van der Waals surface area contributed by atoms with Gasteiger partial charge in [0.15, 0.2) is 0 Å². The van der Waals surface area contributed by atoms with E-state index < -0.39 is 6.10 Å². The van der Waals surface area contributed by atoms with Gasteiger partial charge in [-0.1, -0.05) is 18.2 Å². The molecule has 1 aliphatic heterocycles. The van der Waals surface area contributed by atoms with Gasteiger partial charge in [-0.2, -0.15) is 0 Å². The Balaban J connectivity index is 1.56. The van der Waals surface area contributed by atoms with Gasteiger partial charge < -0.3 is 9.94 Å². The second kappa shape index (κ2) is 6.34. The lowest BCUT2D eigenvalue weighted by Gasteiger charge is -2.17. The molecular weight excluding hydrogens is 288 g/mol. The molecule has 0 aliphatic carbocycles. The molecule has 1 N–H and O–H groups in total. The molecule has 1 aromatic carbocycles. The minimum absolute atomic E-state index is 0.0414. The van der Waals surface area contributed by atoms with Crippen LogP contribution in [0.3, 0.4) is 0 Å². The van der Waals surface area contributed by atoms with Crippen molar-refractivity contribution in [3.8, 4) is 0 Å². The number of aliphatic hydroxyl groups excluding tert-OH is 1. The molecule has 1 fully saturated rings. The highest BCUT2D eigenvalue weighted by molar-refractivity contribution is 7.09. The maximum Gasteiger partial charge on any atom is 0.357 e. The summed E-state index contributed by atoms with van der Waals surface area (Å²) in [5.41, 5.74) is 0.529. The van der Waals surface area contributed by atoms with Gasteiger partial charge >= 0.3 is 5.97 Å². The molecule has 3 rings (SSSR count). The van der Waals surface area contributed by atoms with Crippen LogP contribution >= 0.6 is 11.3 Å². The molecule has 0 radical (unpaired) electrons. The first kappa shape index (κ1) is 14.2. The molecule has 1 aliphatic rings. The summed E-state index contributed by atoms with van der Waals surface area (Å²) < 4.78 is 0. The van der Waals surface area contributed by atoms with Gasteiger partial charge in [0.25, 0.3) is 0 Å². The molecule has 2 unspecified atom stereocenters. The number of hydrogen-bond donors (Lipinski definition) is 1. The zero-order valence-electron chi connectivity index (χ0n) is 11.4. The Morgan fingerprint density at radius 2 is 2.24 bits per heavy atom. The largest absolute Gasteiger partial charge is 0.386 e. The summed E-state index contributed by atoms with van der Waals surface area (Å²) in [5, 5.41) is 14.4. The SMILES string of the molecule is O=C(ON1CCC(C(O)c2nccs2)C1)c1ccccc1. The first-order valence-corrected chi connectivity index (χ1v) is 7.72. The molecule has 0 saturated carbocycles. The Bertz CT molecular complexity index is 588. The molecule has 1 aromatic heterocycles. The number of aliphatic hydroxyl groups is 1. The van der Waals surface area contributed by atoms with E-state index in [0.717, 1.165) is 11.4 Å². The quantitative estimate of drug-likeness (QED) is 0.939. The molecule has 2 atom stereocenters. The second-order valence-electron chi connectivity index (χ2n) is 5.00. The number of aromatic nitrogens is 1. The minimum Gasteiger partial charge on any atom is -0.386 e. The molecule has 2 aromatic rings. The zero-order chi connectivity index (χ0) is 14.7. The monoisotopic (exact) mass is 304 g/mol. The number of carbonyl (C=O) groups is 1. The number of hydrogen-bond acceptors (Lipinski definition) is 6. The van der Waals surface area contributed by atoms with Gasteiger partial charge in [-0.05, 0) is 18.6 Å². The van der Waals surface area contributed by atoms with Crippen LogP contribution in [0.5, 0.6) is 0 Å². The molecule has 0 amide bonds. The smallest absolute Gasteiger partial charge is 0.357 e. The third-order valence-corrected chi connectivity index (χ3v) is 4.41. The van der Waals surface area contributed by atoms with E-state index in [2.05, 4.69) is 4.98 Å². The van der Waals surface area contributed by atoms with E-state index in [1.165, 1.54) is 11.3 Å². The lowest BCUT2D eigenvalue weighted by Crippen LogP contribution is -2.26. The number of nitrogens with zero attached hydrogens (tertiary/aromatic N) is 2. The van der Waals surface area contributed by atoms with Crippen LogP contribution in [0.1, 0.15) is 27.9 Å².